The summed E-state index contributed by atoms with van der Waals surface area (Å²) >= 11 is 3.65. The van der Waals surface area contributed by atoms with Crippen molar-refractivity contribution in [3.63, 3.8) is 0 Å². The summed E-state index contributed by atoms with van der Waals surface area (Å²) in [4.78, 5) is 5.21. The highest BCUT2D eigenvalue weighted by molar-refractivity contribution is 9.10. The minimum absolute atomic E-state index is 0.153. The third kappa shape index (κ3) is 4.07. The molecule has 0 bridgehead atoms. The summed E-state index contributed by atoms with van der Waals surface area (Å²) in [5, 5.41) is 0. The zero-order chi connectivity index (χ0) is 19.0. The van der Waals surface area contributed by atoms with Crippen LogP contribution in [0.5, 0.6) is 0 Å². The summed E-state index contributed by atoms with van der Waals surface area (Å²) in [7, 11) is 0. The number of rotatable bonds is 4. The van der Waals surface area contributed by atoms with Crippen molar-refractivity contribution in [1.82, 2.24) is 4.90 Å². The minimum Gasteiger partial charge on any atom is -0.367 e. The van der Waals surface area contributed by atoms with Crippen LogP contribution in [0.15, 0.2) is 46.9 Å². The Morgan fingerprint density at radius 2 is 1.78 bits per heavy atom. The third-order valence-corrected chi connectivity index (χ3v) is 6.69. The van der Waals surface area contributed by atoms with Gasteiger partial charge < -0.3 is 9.80 Å². The molecule has 4 rings (SSSR count). The molecule has 0 radical (unpaired) electrons. The van der Waals surface area contributed by atoms with E-state index in [0.717, 1.165) is 32.6 Å². The van der Waals surface area contributed by atoms with Gasteiger partial charge in [0, 0.05) is 47.8 Å². The van der Waals surface area contributed by atoms with Gasteiger partial charge in [-0.25, -0.2) is 4.39 Å². The van der Waals surface area contributed by atoms with Crippen molar-refractivity contribution in [3.8, 4) is 0 Å². The lowest BCUT2D eigenvalue weighted by atomic mass is 9.87. The van der Waals surface area contributed by atoms with Crippen LogP contribution in [0.3, 0.4) is 0 Å². The highest BCUT2D eigenvalue weighted by Crippen LogP contribution is 2.43. The highest BCUT2D eigenvalue weighted by atomic mass is 79.9. The van der Waals surface area contributed by atoms with E-state index in [0.29, 0.717) is 6.04 Å². The monoisotopic (exact) mass is 430 g/mol. The van der Waals surface area contributed by atoms with Crippen LogP contribution < -0.4 is 4.90 Å². The molecule has 2 aliphatic rings. The molecule has 2 aromatic rings. The van der Waals surface area contributed by atoms with Gasteiger partial charge in [0.2, 0.25) is 0 Å². The molecular weight excluding hydrogens is 403 g/mol. The predicted molar refractivity (Wildman–Crippen MR) is 114 cm³/mol. The molecule has 0 unspecified atom stereocenters. The first kappa shape index (κ1) is 18.9. The molecule has 0 amide bonds. The molecule has 0 N–H and O–H groups in total. The zero-order valence-electron chi connectivity index (χ0n) is 16.2. The molecule has 0 aliphatic carbocycles. The van der Waals surface area contributed by atoms with Gasteiger partial charge in [0.25, 0.3) is 0 Å². The number of fused-ring (bicyclic) bond motifs is 1. The maximum absolute atomic E-state index is 13.0. The second-order valence-corrected chi connectivity index (χ2v) is 9.54. The van der Waals surface area contributed by atoms with E-state index in [1.54, 1.807) is 12.1 Å². The van der Waals surface area contributed by atoms with Crippen LogP contribution >= 0.6 is 15.9 Å². The van der Waals surface area contributed by atoms with Gasteiger partial charge in [-0.2, -0.15) is 0 Å². The maximum atomic E-state index is 13.0. The average Bonchev–Trinajstić information content (AvgIpc) is 2.92. The molecule has 2 heterocycles. The van der Waals surface area contributed by atoms with Crippen LogP contribution in [-0.4, -0.2) is 37.1 Å². The zero-order valence-corrected chi connectivity index (χ0v) is 17.8. The van der Waals surface area contributed by atoms with Crippen molar-refractivity contribution in [2.45, 2.75) is 44.6 Å². The van der Waals surface area contributed by atoms with E-state index in [9.17, 15) is 4.39 Å². The summed E-state index contributed by atoms with van der Waals surface area (Å²) in [5.74, 6) is -0.153. The number of hydrogen-bond acceptors (Lipinski definition) is 2. The first-order valence-corrected chi connectivity index (χ1v) is 10.8. The number of likely N-dealkylation sites (tertiary alicyclic amines) is 1. The molecule has 0 spiro atoms. The third-order valence-electron chi connectivity index (χ3n) is 6.19. The normalized spacial score (nSPS) is 20.1. The molecule has 0 saturated carbocycles. The molecule has 2 nitrogen and oxygen atoms in total. The molecule has 0 atom stereocenters. The topological polar surface area (TPSA) is 6.48 Å². The quantitative estimate of drug-likeness (QED) is 0.640. The minimum atomic E-state index is -0.153. The van der Waals surface area contributed by atoms with E-state index in [1.807, 2.05) is 12.1 Å². The van der Waals surface area contributed by atoms with Gasteiger partial charge in [0.15, 0.2) is 0 Å². The van der Waals surface area contributed by atoms with Crippen LogP contribution in [0, 0.1) is 5.82 Å². The Labute approximate surface area is 170 Å². The summed E-state index contributed by atoms with van der Waals surface area (Å²) in [6, 6.07) is 14.3. The van der Waals surface area contributed by atoms with Crippen LogP contribution in [0.2, 0.25) is 0 Å². The van der Waals surface area contributed by atoms with Gasteiger partial charge in [-0.1, -0.05) is 48.0 Å². The molecule has 4 heteroatoms. The Bertz CT molecular complexity index is 795. The van der Waals surface area contributed by atoms with Gasteiger partial charge >= 0.3 is 0 Å². The Balaban J connectivity index is 1.36. The lowest BCUT2D eigenvalue weighted by molar-refractivity contribution is 0.210. The molecule has 0 aromatic heterocycles. The predicted octanol–water partition coefficient (Wildman–Crippen LogP) is 5.39. The first-order chi connectivity index (χ1) is 12.9. The Morgan fingerprint density at radius 3 is 2.48 bits per heavy atom. The number of hydrogen-bond donors (Lipinski definition) is 0. The Morgan fingerprint density at radius 1 is 1.07 bits per heavy atom. The van der Waals surface area contributed by atoms with Crippen molar-refractivity contribution in [3.05, 3.63) is 63.9 Å². The lowest BCUT2D eigenvalue weighted by Gasteiger charge is -2.38. The number of nitrogens with zero attached hydrogens (tertiary/aromatic N) is 2. The second kappa shape index (κ2) is 7.56. The second-order valence-electron chi connectivity index (χ2n) is 8.62. The summed E-state index contributed by atoms with van der Waals surface area (Å²) in [6.45, 7) is 9.18. The fourth-order valence-corrected chi connectivity index (χ4v) is 4.98. The summed E-state index contributed by atoms with van der Waals surface area (Å²) in [5.41, 5.74) is 4.33. The molecule has 1 fully saturated rings. The number of anilines is 1. The SMILES string of the molecule is CC1(C)CN(C2CCN(CCc3ccc(F)cc3)CC2)c2cc(Br)ccc21. The molecule has 144 valence electrons. The van der Waals surface area contributed by atoms with Gasteiger partial charge in [-0.15, -0.1) is 0 Å². The van der Waals surface area contributed by atoms with E-state index >= 15 is 0 Å². The summed E-state index contributed by atoms with van der Waals surface area (Å²) in [6.07, 6.45) is 3.42. The van der Waals surface area contributed by atoms with E-state index in [1.165, 1.54) is 34.1 Å². The Kier molecular flexibility index (Phi) is 5.30. The van der Waals surface area contributed by atoms with E-state index in [-0.39, 0.29) is 11.2 Å². The number of benzene rings is 2. The van der Waals surface area contributed by atoms with Crippen molar-refractivity contribution < 1.29 is 4.39 Å². The lowest BCUT2D eigenvalue weighted by Crippen LogP contribution is -2.46. The highest BCUT2D eigenvalue weighted by Gasteiger charge is 2.38. The molecule has 27 heavy (non-hydrogen) atoms. The van der Waals surface area contributed by atoms with Gasteiger partial charge in [-0.05, 0) is 54.7 Å². The van der Waals surface area contributed by atoms with Crippen LogP contribution in [-0.2, 0) is 11.8 Å². The fourth-order valence-electron chi connectivity index (χ4n) is 4.63. The van der Waals surface area contributed by atoms with Crippen LogP contribution in [0.25, 0.3) is 0 Å². The van der Waals surface area contributed by atoms with Gasteiger partial charge in [-0.3, -0.25) is 0 Å². The molecule has 1 saturated heterocycles. The fraction of sp³-hybridized carbons (Fsp3) is 0.478. The van der Waals surface area contributed by atoms with Gasteiger partial charge in [0.05, 0.1) is 0 Å². The van der Waals surface area contributed by atoms with E-state index < -0.39 is 0 Å². The van der Waals surface area contributed by atoms with Gasteiger partial charge in [0.1, 0.15) is 5.82 Å². The maximum Gasteiger partial charge on any atom is 0.123 e. The molecular formula is C23H28BrFN2. The largest absolute Gasteiger partial charge is 0.367 e. The Hall–Kier alpha value is -1.39. The van der Waals surface area contributed by atoms with Crippen molar-refractivity contribution in [2.24, 2.45) is 0 Å². The molecule has 2 aromatic carbocycles. The average molecular weight is 431 g/mol. The van der Waals surface area contributed by atoms with Crippen molar-refractivity contribution in [1.29, 1.82) is 0 Å². The standard InChI is InChI=1S/C23H28BrFN2/c1-23(2)16-27(22-15-18(24)5-8-21(22)23)20-10-13-26(14-11-20)12-9-17-3-6-19(25)7-4-17/h3-8,15,20H,9-14,16H2,1-2H3. The smallest absolute Gasteiger partial charge is 0.123 e. The van der Waals surface area contributed by atoms with E-state index in [2.05, 4.69) is 57.8 Å². The van der Waals surface area contributed by atoms with Crippen molar-refractivity contribution in [2.75, 3.05) is 31.1 Å². The van der Waals surface area contributed by atoms with E-state index in [4.69, 9.17) is 0 Å². The summed E-state index contributed by atoms with van der Waals surface area (Å²) < 4.78 is 14.2. The van der Waals surface area contributed by atoms with Crippen LogP contribution in [0.4, 0.5) is 10.1 Å². The first-order valence-electron chi connectivity index (χ1n) is 9.96. The molecule has 2 aliphatic heterocycles. The number of piperidine rings is 1. The van der Waals surface area contributed by atoms with Crippen LogP contribution in [0.1, 0.15) is 37.8 Å². The number of halogens is 2. The van der Waals surface area contributed by atoms with Crippen molar-refractivity contribution >= 4 is 21.6 Å².